The molecule has 12 nitrogen and oxygen atoms in total. The van der Waals surface area contributed by atoms with Gasteiger partial charge in [-0.15, -0.1) is 11.3 Å². The Kier molecular flexibility index (Phi) is 6.93. The lowest BCUT2D eigenvalue weighted by molar-refractivity contribution is -0.129. The molecule has 0 bridgehead atoms. The monoisotopic (exact) mass is 700 g/mol. The van der Waals surface area contributed by atoms with Gasteiger partial charge in [-0.25, -0.2) is 28.4 Å². The molecule has 5 aromatic rings. The predicted molar refractivity (Wildman–Crippen MR) is 186 cm³/mol. The maximum Gasteiger partial charge on any atom is 0.347 e. The summed E-state index contributed by atoms with van der Waals surface area (Å²) in [7, 11) is 3.14. The summed E-state index contributed by atoms with van der Waals surface area (Å²) >= 11 is 7.85. The van der Waals surface area contributed by atoms with Crippen molar-refractivity contribution in [1.29, 1.82) is 0 Å². The molecule has 8 rings (SSSR count). The van der Waals surface area contributed by atoms with E-state index in [1.165, 1.54) is 27.4 Å². The molecule has 49 heavy (non-hydrogen) atoms. The second-order valence-corrected chi connectivity index (χ2v) is 14.6. The lowest BCUT2D eigenvalue weighted by atomic mass is 9.56. The van der Waals surface area contributed by atoms with Gasteiger partial charge >= 0.3 is 11.4 Å². The average molecular weight is 701 g/mol. The summed E-state index contributed by atoms with van der Waals surface area (Å²) in [5.41, 5.74) is 0.805. The minimum atomic E-state index is -1.28. The molecule has 2 aliphatic heterocycles. The number of aromatic nitrogens is 5. The van der Waals surface area contributed by atoms with Crippen LogP contribution in [0.25, 0.3) is 20.7 Å². The average Bonchev–Trinajstić information content (AvgIpc) is 3.73. The molecule has 0 spiro atoms. The second kappa shape index (κ2) is 10.8. The highest BCUT2D eigenvalue weighted by Crippen LogP contribution is 2.61. The third-order valence-corrected chi connectivity index (χ3v) is 12.1. The molecule has 1 saturated heterocycles. The number of halogens is 1. The zero-order valence-corrected chi connectivity index (χ0v) is 29.0. The van der Waals surface area contributed by atoms with E-state index >= 15 is 0 Å². The fourth-order valence-electron chi connectivity index (χ4n) is 8.18. The Balaban J connectivity index is 1.29. The standard InChI is InChI=1S/C35H33ClN6O6S/c1-6-48-26-13-18(7-9-25(26)43)29-20-11-12-40-33(46)38(4)34(47)42(40)24(20)15-22-31(44)41(32(45)35(22,29)3)28-16-23(37-39(28)5)30-17(2)21-14-19(36)8-10-27(21)49-30/h7-11,13-14,16,22,24,29,43H,6,12,15H2,1-5H3/t22-,24+,29-,35+/m0/s1. The van der Waals surface area contributed by atoms with E-state index in [1.54, 1.807) is 55.1 Å². The third kappa shape index (κ3) is 4.24. The maximum absolute atomic E-state index is 14.9. The van der Waals surface area contributed by atoms with Crippen LogP contribution in [0.5, 0.6) is 11.5 Å². The number of imide groups is 1. The van der Waals surface area contributed by atoms with Crippen molar-refractivity contribution in [2.24, 2.45) is 25.4 Å². The number of anilines is 1. The number of aryl methyl sites for hydroxylation is 2. The first-order valence-electron chi connectivity index (χ1n) is 16.0. The van der Waals surface area contributed by atoms with Gasteiger partial charge in [0.05, 0.1) is 35.4 Å². The van der Waals surface area contributed by atoms with Crippen LogP contribution in [0, 0.1) is 18.3 Å². The molecule has 1 N–H and O–H groups in total. The van der Waals surface area contributed by atoms with Crippen LogP contribution < -0.4 is 21.0 Å². The molecule has 14 heteroatoms. The number of rotatable bonds is 5. The van der Waals surface area contributed by atoms with Gasteiger partial charge in [0.25, 0.3) is 0 Å². The first-order valence-corrected chi connectivity index (χ1v) is 17.2. The van der Waals surface area contributed by atoms with Crippen LogP contribution in [0.4, 0.5) is 5.82 Å². The number of benzene rings is 2. The predicted octanol–water partition coefficient (Wildman–Crippen LogP) is 4.89. The van der Waals surface area contributed by atoms with E-state index in [0.29, 0.717) is 28.7 Å². The highest BCUT2D eigenvalue weighted by Gasteiger charge is 2.66. The number of hydrogen-bond acceptors (Lipinski definition) is 8. The largest absolute Gasteiger partial charge is 0.504 e. The van der Waals surface area contributed by atoms with Crippen LogP contribution >= 0.6 is 22.9 Å². The van der Waals surface area contributed by atoms with Crippen molar-refractivity contribution in [3.63, 3.8) is 0 Å². The number of amides is 2. The maximum atomic E-state index is 14.9. The molecule has 0 radical (unpaired) electrons. The number of ether oxygens (including phenoxy) is 1. The van der Waals surface area contributed by atoms with E-state index in [-0.39, 0.29) is 24.5 Å². The summed E-state index contributed by atoms with van der Waals surface area (Å²) in [6.45, 7) is 6.04. The number of nitrogens with zero attached hydrogens (tertiary/aromatic N) is 6. The summed E-state index contributed by atoms with van der Waals surface area (Å²) in [6.07, 6.45) is 2.03. The van der Waals surface area contributed by atoms with E-state index in [9.17, 15) is 24.3 Å². The number of fused-ring (bicyclic) bond motifs is 5. The van der Waals surface area contributed by atoms with E-state index in [4.69, 9.17) is 21.4 Å². The minimum absolute atomic E-state index is 0.0536. The number of phenolic OH excluding ortho intramolecular Hbond substituents is 1. The summed E-state index contributed by atoms with van der Waals surface area (Å²) in [5.74, 6) is -1.80. The molecule has 2 amide bonds. The van der Waals surface area contributed by atoms with Crippen molar-refractivity contribution >= 4 is 50.7 Å². The van der Waals surface area contributed by atoms with Crippen molar-refractivity contribution in [3.8, 4) is 22.1 Å². The van der Waals surface area contributed by atoms with Gasteiger partial charge in [-0.1, -0.05) is 23.7 Å². The Morgan fingerprint density at radius 3 is 2.61 bits per heavy atom. The van der Waals surface area contributed by atoms with E-state index < -0.39 is 46.5 Å². The molecular weight excluding hydrogens is 668 g/mol. The van der Waals surface area contributed by atoms with Crippen LogP contribution in [-0.2, 0) is 30.2 Å². The molecule has 2 fully saturated rings. The van der Waals surface area contributed by atoms with Crippen LogP contribution in [0.3, 0.4) is 0 Å². The topological polar surface area (TPSA) is 134 Å². The van der Waals surface area contributed by atoms with Gasteiger partial charge in [0.1, 0.15) is 11.5 Å². The fraction of sp³-hybridized carbons (Fsp3) is 0.343. The molecule has 3 aliphatic rings. The van der Waals surface area contributed by atoms with Crippen LogP contribution in [-0.4, -0.2) is 47.2 Å². The number of allylic oxidation sites excluding steroid dienone is 2. The zero-order chi connectivity index (χ0) is 34.7. The SMILES string of the molecule is CCOc1cc([C@H]2C3=CCn4c(=O)n(C)c(=O)n4[C@@H]3C[C@H]3C(=O)N(c4cc(-c5sc6ccc(Cl)cc6c5C)nn4C)C(=O)[C@@]23C)ccc1O. The van der Waals surface area contributed by atoms with E-state index in [2.05, 4.69) is 0 Å². The minimum Gasteiger partial charge on any atom is -0.504 e. The van der Waals surface area contributed by atoms with Gasteiger partial charge in [-0.3, -0.25) is 14.3 Å². The third-order valence-electron chi connectivity index (χ3n) is 10.6. The number of carbonyl (C=O) groups excluding carboxylic acids is 2. The summed E-state index contributed by atoms with van der Waals surface area (Å²) in [4.78, 5) is 58.2. The van der Waals surface area contributed by atoms with Crippen molar-refractivity contribution in [3.05, 3.63) is 91.2 Å². The lowest BCUT2D eigenvalue weighted by Gasteiger charge is -2.47. The van der Waals surface area contributed by atoms with Crippen LogP contribution in [0.2, 0.25) is 5.02 Å². The normalized spacial score (nSPS) is 23.1. The number of phenols is 1. The number of thiophene rings is 1. The van der Waals surface area contributed by atoms with Crippen molar-refractivity contribution in [2.75, 3.05) is 11.5 Å². The van der Waals surface area contributed by atoms with E-state index in [0.717, 1.165) is 30.7 Å². The smallest absolute Gasteiger partial charge is 0.347 e. The summed E-state index contributed by atoms with van der Waals surface area (Å²) in [6, 6.07) is 11.8. The molecule has 252 valence electrons. The number of hydrogen-bond donors (Lipinski definition) is 1. The van der Waals surface area contributed by atoms with Crippen LogP contribution in [0.15, 0.2) is 63.7 Å². The lowest BCUT2D eigenvalue weighted by Crippen LogP contribution is -2.49. The highest BCUT2D eigenvalue weighted by molar-refractivity contribution is 7.22. The van der Waals surface area contributed by atoms with Gasteiger partial charge in [0, 0.05) is 35.8 Å². The van der Waals surface area contributed by atoms with Gasteiger partial charge in [-0.05, 0) is 79.6 Å². The van der Waals surface area contributed by atoms with Crippen molar-refractivity contribution in [1.82, 2.24) is 23.7 Å². The first kappa shape index (κ1) is 31.4. The van der Waals surface area contributed by atoms with E-state index in [1.807, 2.05) is 31.2 Å². The van der Waals surface area contributed by atoms with Crippen LogP contribution in [0.1, 0.15) is 43.4 Å². The second-order valence-electron chi connectivity index (χ2n) is 13.1. The Labute approximate surface area is 289 Å². The molecule has 2 aromatic carbocycles. The Morgan fingerprint density at radius 2 is 1.86 bits per heavy atom. The highest BCUT2D eigenvalue weighted by atomic mass is 35.5. The Bertz CT molecular complexity index is 2410. The molecular formula is C35H33ClN6O6S. The summed E-state index contributed by atoms with van der Waals surface area (Å²) in [5, 5.41) is 17.0. The molecule has 0 unspecified atom stereocenters. The van der Waals surface area contributed by atoms with Gasteiger partial charge < -0.3 is 9.84 Å². The molecule has 1 saturated carbocycles. The van der Waals surface area contributed by atoms with Gasteiger partial charge in [0.2, 0.25) is 11.8 Å². The summed E-state index contributed by atoms with van der Waals surface area (Å²) < 4.78 is 12.2. The van der Waals surface area contributed by atoms with Gasteiger partial charge in [-0.2, -0.15) is 5.10 Å². The number of aromatic hydroxyl groups is 1. The molecule has 3 aromatic heterocycles. The quantitative estimate of drug-likeness (QED) is 0.204. The first-order chi connectivity index (χ1) is 23.4. The molecule has 4 atom stereocenters. The number of carbonyl (C=O) groups is 2. The van der Waals surface area contributed by atoms with Crippen molar-refractivity contribution < 1.29 is 19.4 Å². The fourth-order valence-corrected chi connectivity index (χ4v) is 9.50. The molecule has 5 heterocycles. The van der Waals surface area contributed by atoms with Crippen molar-refractivity contribution in [2.45, 2.75) is 45.7 Å². The van der Waals surface area contributed by atoms with Gasteiger partial charge in [0.15, 0.2) is 11.5 Å². The molecule has 1 aliphatic carbocycles. The zero-order valence-electron chi connectivity index (χ0n) is 27.4. The Morgan fingerprint density at radius 1 is 1.08 bits per heavy atom. The Hall–Kier alpha value is -4.88.